The van der Waals surface area contributed by atoms with Gasteiger partial charge in [-0.3, -0.25) is 4.79 Å². The Bertz CT molecular complexity index is 938. The molecule has 0 aliphatic carbocycles. The fourth-order valence-corrected chi connectivity index (χ4v) is 3.12. The van der Waals surface area contributed by atoms with Gasteiger partial charge in [-0.1, -0.05) is 30.3 Å². The highest BCUT2D eigenvalue weighted by molar-refractivity contribution is 7.13. The number of thiazole rings is 1. The molecule has 1 amide bonds. The zero-order valence-electron chi connectivity index (χ0n) is 14.2. The number of ether oxygens (including phenoxy) is 2. The molecule has 132 valence electrons. The van der Waals surface area contributed by atoms with Gasteiger partial charge in [0.15, 0.2) is 0 Å². The molecule has 0 saturated carbocycles. The first-order chi connectivity index (χ1) is 12.6. The van der Waals surface area contributed by atoms with Crippen LogP contribution in [0.4, 0.5) is 5.69 Å². The summed E-state index contributed by atoms with van der Waals surface area (Å²) in [5, 5.41) is 5.14. The monoisotopic (exact) mass is 368 g/mol. The Morgan fingerprint density at radius 3 is 2.54 bits per heavy atom. The van der Waals surface area contributed by atoms with Gasteiger partial charge in [0.1, 0.15) is 16.5 Å². The molecule has 0 radical (unpaired) electrons. The molecule has 0 fully saturated rings. The summed E-state index contributed by atoms with van der Waals surface area (Å²) >= 11 is 1.38. The zero-order valence-corrected chi connectivity index (χ0v) is 15.0. The van der Waals surface area contributed by atoms with Gasteiger partial charge in [-0.25, -0.2) is 9.78 Å². The molecule has 26 heavy (non-hydrogen) atoms. The number of hydrogen-bond acceptors (Lipinski definition) is 6. The average molecular weight is 368 g/mol. The molecule has 0 atom stereocenters. The SMILES string of the molecule is COC(=O)c1cc(OC)ccc1NC(=O)c1csc(-c2ccccc2)n1. The highest BCUT2D eigenvalue weighted by Gasteiger charge is 2.18. The molecule has 7 heteroatoms. The van der Waals surface area contributed by atoms with E-state index in [-0.39, 0.29) is 11.3 Å². The molecule has 2 aromatic carbocycles. The number of amides is 1. The summed E-state index contributed by atoms with van der Waals surface area (Å²) in [5.74, 6) is -0.482. The lowest BCUT2D eigenvalue weighted by molar-refractivity contribution is 0.0601. The van der Waals surface area contributed by atoms with Crippen molar-refractivity contribution in [2.75, 3.05) is 19.5 Å². The van der Waals surface area contributed by atoms with E-state index >= 15 is 0 Å². The van der Waals surface area contributed by atoms with Crippen LogP contribution in [0.3, 0.4) is 0 Å². The van der Waals surface area contributed by atoms with Crippen molar-refractivity contribution < 1.29 is 19.1 Å². The Labute approximate surface area is 154 Å². The number of anilines is 1. The van der Waals surface area contributed by atoms with Crippen molar-refractivity contribution in [1.82, 2.24) is 4.98 Å². The number of rotatable bonds is 5. The van der Waals surface area contributed by atoms with E-state index in [2.05, 4.69) is 10.3 Å². The normalized spacial score (nSPS) is 10.2. The second kappa shape index (κ2) is 7.79. The smallest absolute Gasteiger partial charge is 0.340 e. The summed E-state index contributed by atoms with van der Waals surface area (Å²) in [5.41, 5.74) is 1.76. The van der Waals surface area contributed by atoms with E-state index in [1.165, 1.54) is 31.6 Å². The van der Waals surface area contributed by atoms with E-state index in [0.717, 1.165) is 10.6 Å². The van der Waals surface area contributed by atoms with E-state index < -0.39 is 11.9 Å². The van der Waals surface area contributed by atoms with Crippen molar-refractivity contribution in [3.63, 3.8) is 0 Å². The molecule has 0 saturated heterocycles. The molecule has 3 aromatic rings. The standard InChI is InChI=1S/C19H16N2O4S/c1-24-13-8-9-15(14(10-13)19(23)25-2)20-17(22)16-11-26-18(21-16)12-6-4-3-5-7-12/h3-11H,1-2H3,(H,20,22). The minimum atomic E-state index is -0.567. The number of hydrogen-bond donors (Lipinski definition) is 1. The van der Waals surface area contributed by atoms with Gasteiger partial charge in [-0.05, 0) is 18.2 Å². The predicted molar refractivity (Wildman–Crippen MR) is 99.8 cm³/mol. The maximum atomic E-state index is 12.5. The first-order valence-electron chi connectivity index (χ1n) is 7.71. The van der Waals surface area contributed by atoms with Crippen LogP contribution < -0.4 is 10.1 Å². The van der Waals surface area contributed by atoms with Crippen LogP contribution >= 0.6 is 11.3 Å². The Balaban J connectivity index is 1.84. The number of methoxy groups -OCH3 is 2. The second-order valence-corrected chi connectivity index (χ2v) is 6.12. The molecule has 6 nitrogen and oxygen atoms in total. The van der Waals surface area contributed by atoms with Crippen molar-refractivity contribution in [1.29, 1.82) is 0 Å². The average Bonchev–Trinajstić information content (AvgIpc) is 3.18. The Morgan fingerprint density at radius 1 is 1.08 bits per heavy atom. The molecule has 3 rings (SSSR count). The minimum Gasteiger partial charge on any atom is -0.497 e. The van der Waals surface area contributed by atoms with Crippen LogP contribution in [-0.2, 0) is 4.74 Å². The summed E-state index contributed by atoms with van der Waals surface area (Å²) in [7, 11) is 2.77. The van der Waals surface area contributed by atoms with E-state index in [4.69, 9.17) is 9.47 Å². The summed E-state index contributed by atoms with van der Waals surface area (Å²) in [4.78, 5) is 28.9. The van der Waals surface area contributed by atoms with Crippen LogP contribution in [0, 0.1) is 0 Å². The zero-order chi connectivity index (χ0) is 18.5. The lowest BCUT2D eigenvalue weighted by Crippen LogP contribution is -2.16. The molecule has 0 unspecified atom stereocenters. The van der Waals surface area contributed by atoms with Crippen LogP contribution in [0.5, 0.6) is 5.75 Å². The van der Waals surface area contributed by atoms with E-state index in [0.29, 0.717) is 11.4 Å². The maximum absolute atomic E-state index is 12.5. The molecule has 0 spiro atoms. The third kappa shape index (κ3) is 3.73. The van der Waals surface area contributed by atoms with Gasteiger partial charge >= 0.3 is 5.97 Å². The van der Waals surface area contributed by atoms with E-state index in [1.54, 1.807) is 17.5 Å². The van der Waals surface area contributed by atoms with Crippen molar-refractivity contribution in [3.8, 4) is 16.3 Å². The Morgan fingerprint density at radius 2 is 1.85 bits per heavy atom. The fraction of sp³-hybridized carbons (Fsp3) is 0.105. The Hall–Kier alpha value is -3.19. The van der Waals surface area contributed by atoms with Crippen LogP contribution in [0.2, 0.25) is 0 Å². The molecule has 0 aliphatic heterocycles. The second-order valence-electron chi connectivity index (χ2n) is 5.26. The van der Waals surface area contributed by atoms with Gasteiger partial charge in [0.2, 0.25) is 0 Å². The number of aromatic nitrogens is 1. The van der Waals surface area contributed by atoms with Gasteiger partial charge in [0.25, 0.3) is 5.91 Å². The quantitative estimate of drug-likeness (QED) is 0.692. The summed E-state index contributed by atoms with van der Waals surface area (Å²) in [6.45, 7) is 0. The van der Waals surface area contributed by atoms with Crippen molar-refractivity contribution in [2.24, 2.45) is 0 Å². The van der Waals surface area contributed by atoms with Crippen LogP contribution in [0.1, 0.15) is 20.8 Å². The number of nitrogens with one attached hydrogen (secondary N) is 1. The molecule has 1 N–H and O–H groups in total. The molecular weight excluding hydrogens is 352 g/mol. The topological polar surface area (TPSA) is 77.5 Å². The number of nitrogens with zero attached hydrogens (tertiary/aromatic N) is 1. The molecule has 1 heterocycles. The number of carbonyl (C=O) groups is 2. The molecular formula is C19H16N2O4S. The van der Waals surface area contributed by atoms with E-state index in [9.17, 15) is 9.59 Å². The highest BCUT2D eigenvalue weighted by atomic mass is 32.1. The van der Waals surface area contributed by atoms with Gasteiger partial charge in [0, 0.05) is 10.9 Å². The highest BCUT2D eigenvalue weighted by Crippen LogP contribution is 2.26. The van der Waals surface area contributed by atoms with Crippen LogP contribution in [0.25, 0.3) is 10.6 Å². The van der Waals surface area contributed by atoms with Crippen molar-refractivity contribution >= 4 is 28.9 Å². The van der Waals surface area contributed by atoms with Crippen molar-refractivity contribution in [3.05, 3.63) is 65.2 Å². The summed E-state index contributed by atoms with van der Waals surface area (Å²) < 4.78 is 9.88. The van der Waals surface area contributed by atoms with Crippen molar-refractivity contribution in [2.45, 2.75) is 0 Å². The fourth-order valence-electron chi connectivity index (χ4n) is 2.32. The largest absolute Gasteiger partial charge is 0.497 e. The predicted octanol–water partition coefficient (Wildman–Crippen LogP) is 3.86. The number of benzene rings is 2. The number of esters is 1. The van der Waals surface area contributed by atoms with Crippen LogP contribution in [0.15, 0.2) is 53.9 Å². The lowest BCUT2D eigenvalue weighted by Gasteiger charge is -2.10. The van der Waals surface area contributed by atoms with Gasteiger partial charge in [0.05, 0.1) is 25.5 Å². The first-order valence-corrected chi connectivity index (χ1v) is 8.59. The Kier molecular flexibility index (Phi) is 5.28. The van der Waals surface area contributed by atoms with E-state index in [1.807, 2.05) is 30.3 Å². The maximum Gasteiger partial charge on any atom is 0.340 e. The number of carbonyl (C=O) groups excluding carboxylic acids is 2. The van der Waals surface area contributed by atoms with Gasteiger partial charge < -0.3 is 14.8 Å². The summed E-state index contributed by atoms with van der Waals surface area (Å²) in [6.07, 6.45) is 0. The van der Waals surface area contributed by atoms with Crippen LogP contribution in [-0.4, -0.2) is 31.1 Å². The molecule has 1 aromatic heterocycles. The van der Waals surface area contributed by atoms with Gasteiger partial charge in [-0.15, -0.1) is 11.3 Å². The lowest BCUT2D eigenvalue weighted by atomic mass is 10.1. The third-order valence-corrected chi connectivity index (χ3v) is 4.53. The minimum absolute atomic E-state index is 0.207. The molecule has 0 bridgehead atoms. The molecule has 0 aliphatic rings. The third-order valence-electron chi connectivity index (χ3n) is 3.64. The van der Waals surface area contributed by atoms with Gasteiger partial charge in [-0.2, -0.15) is 0 Å². The summed E-state index contributed by atoms with van der Waals surface area (Å²) in [6, 6.07) is 14.4. The first kappa shape index (κ1) is 17.6.